The van der Waals surface area contributed by atoms with Gasteiger partial charge in [0.2, 0.25) is 0 Å². The fraction of sp³-hybridized carbons (Fsp3) is 0.524. The third-order valence-electron chi connectivity index (χ3n) is 4.59. The smallest absolute Gasteiger partial charge is 0.191 e. The van der Waals surface area contributed by atoms with Crippen molar-refractivity contribution in [2.75, 3.05) is 13.7 Å². The van der Waals surface area contributed by atoms with Gasteiger partial charge in [-0.25, -0.2) is 4.98 Å². The summed E-state index contributed by atoms with van der Waals surface area (Å²) in [5, 5.41) is 6.72. The fourth-order valence-corrected chi connectivity index (χ4v) is 2.91. The molecule has 0 saturated heterocycles. The molecule has 1 saturated carbocycles. The summed E-state index contributed by atoms with van der Waals surface area (Å²) in [6.45, 7) is 7.51. The van der Waals surface area contributed by atoms with Gasteiger partial charge in [-0.2, -0.15) is 0 Å². The van der Waals surface area contributed by atoms with Crippen LogP contribution in [0.2, 0.25) is 0 Å². The third-order valence-corrected chi connectivity index (χ3v) is 4.59. The summed E-state index contributed by atoms with van der Waals surface area (Å²) in [4.78, 5) is 8.78. The van der Waals surface area contributed by atoms with Crippen molar-refractivity contribution in [1.82, 2.24) is 20.2 Å². The molecule has 1 heterocycles. The molecule has 1 aromatic heterocycles. The molecule has 2 aromatic rings. The molecule has 0 atom stereocenters. The standard InChI is InChI=1S/C21H31N5O.HI/c1-16(2)14-26-11-10-23-20(26)13-25-21(22-3)24-12-18-6-4-5-7-19(18)27-15-17-8-9-17;/h4-7,10-11,16-17H,8-9,12-15H2,1-3H3,(H2,22,24,25);1H. The van der Waals surface area contributed by atoms with E-state index in [1.807, 2.05) is 30.6 Å². The first kappa shape index (κ1) is 22.5. The maximum absolute atomic E-state index is 5.98. The zero-order chi connectivity index (χ0) is 19.1. The van der Waals surface area contributed by atoms with E-state index < -0.39 is 0 Å². The van der Waals surface area contributed by atoms with Crippen LogP contribution >= 0.6 is 24.0 Å². The first-order valence-electron chi connectivity index (χ1n) is 9.81. The first-order valence-corrected chi connectivity index (χ1v) is 9.81. The summed E-state index contributed by atoms with van der Waals surface area (Å²) in [6, 6.07) is 8.20. The molecule has 0 unspecified atom stereocenters. The highest BCUT2D eigenvalue weighted by molar-refractivity contribution is 14.0. The summed E-state index contributed by atoms with van der Waals surface area (Å²) in [7, 11) is 1.78. The number of ether oxygens (including phenoxy) is 1. The van der Waals surface area contributed by atoms with E-state index in [1.165, 1.54) is 12.8 Å². The number of para-hydroxylation sites is 1. The van der Waals surface area contributed by atoms with Gasteiger partial charge in [-0.15, -0.1) is 24.0 Å². The van der Waals surface area contributed by atoms with Gasteiger partial charge in [0.25, 0.3) is 0 Å². The van der Waals surface area contributed by atoms with E-state index in [4.69, 9.17) is 4.74 Å². The molecule has 6 nitrogen and oxygen atoms in total. The Morgan fingerprint density at radius 3 is 2.71 bits per heavy atom. The SMILES string of the molecule is CN=C(NCc1ccccc1OCC1CC1)NCc1nccn1CC(C)C.I. The highest BCUT2D eigenvalue weighted by atomic mass is 127. The lowest BCUT2D eigenvalue weighted by Gasteiger charge is -2.15. The number of hydrogen-bond donors (Lipinski definition) is 2. The molecule has 7 heteroatoms. The van der Waals surface area contributed by atoms with Crippen molar-refractivity contribution >= 4 is 29.9 Å². The van der Waals surface area contributed by atoms with Crippen LogP contribution in [0.4, 0.5) is 0 Å². The zero-order valence-electron chi connectivity index (χ0n) is 17.0. The van der Waals surface area contributed by atoms with Crippen LogP contribution in [0.15, 0.2) is 41.7 Å². The number of halogens is 1. The van der Waals surface area contributed by atoms with Gasteiger partial charge >= 0.3 is 0 Å². The number of nitrogens with one attached hydrogen (secondary N) is 2. The van der Waals surface area contributed by atoms with Crippen LogP contribution in [0.1, 0.15) is 38.1 Å². The Morgan fingerprint density at radius 2 is 2.00 bits per heavy atom. The molecule has 1 aromatic carbocycles. The van der Waals surface area contributed by atoms with Crippen LogP contribution in [0.5, 0.6) is 5.75 Å². The fourth-order valence-electron chi connectivity index (χ4n) is 2.91. The van der Waals surface area contributed by atoms with E-state index in [0.29, 0.717) is 19.0 Å². The lowest BCUT2D eigenvalue weighted by atomic mass is 10.2. The Kier molecular flexibility index (Phi) is 9.08. The predicted molar refractivity (Wildman–Crippen MR) is 124 cm³/mol. The minimum atomic E-state index is 0. The topological polar surface area (TPSA) is 63.5 Å². The Hall–Kier alpha value is -1.77. The van der Waals surface area contributed by atoms with Crippen molar-refractivity contribution in [2.45, 2.75) is 46.3 Å². The summed E-state index contributed by atoms with van der Waals surface area (Å²) < 4.78 is 8.17. The molecule has 3 rings (SSSR count). The van der Waals surface area contributed by atoms with Gasteiger partial charge in [-0.05, 0) is 30.7 Å². The highest BCUT2D eigenvalue weighted by Crippen LogP contribution is 2.30. The monoisotopic (exact) mass is 497 g/mol. The third kappa shape index (κ3) is 7.00. The number of hydrogen-bond acceptors (Lipinski definition) is 3. The first-order chi connectivity index (χ1) is 13.2. The number of imidazole rings is 1. The molecular formula is C21H32IN5O. The van der Waals surface area contributed by atoms with Gasteiger partial charge in [0.15, 0.2) is 5.96 Å². The highest BCUT2D eigenvalue weighted by Gasteiger charge is 2.22. The second-order valence-corrected chi connectivity index (χ2v) is 7.53. The van der Waals surface area contributed by atoms with Crippen molar-refractivity contribution in [2.24, 2.45) is 16.8 Å². The zero-order valence-corrected chi connectivity index (χ0v) is 19.3. The quantitative estimate of drug-likeness (QED) is 0.314. The average molecular weight is 497 g/mol. The molecule has 28 heavy (non-hydrogen) atoms. The van der Waals surface area contributed by atoms with E-state index in [1.54, 1.807) is 7.05 Å². The van der Waals surface area contributed by atoms with Gasteiger partial charge < -0.3 is 19.9 Å². The summed E-state index contributed by atoms with van der Waals surface area (Å²) in [5.74, 6) is 4.06. The summed E-state index contributed by atoms with van der Waals surface area (Å²) in [5.41, 5.74) is 1.14. The van der Waals surface area contributed by atoms with Gasteiger partial charge in [0.1, 0.15) is 11.6 Å². The predicted octanol–water partition coefficient (Wildman–Crippen LogP) is 3.81. The molecule has 0 radical (unpaired) electrons. The van der Waals surface area contributed by atoms with E-state index in [0.717, 1.165) is 42.2 Å². The number of aliphatic imine (C=N–C) groups is 1. The normalized spacial score (nSPS) is 13.9. The van der Waals surface area contributed by atoms with E-state index in [9.17, 15) is 0 Å². The minimum absolute atomic E-state index is 0. The minimum Gasteiger partial charge on any atom is -0.493 e. The molecule has 1 fully saturated rings. The largest absolute Gasteiger partial charge is 0.493 e. The molecule has 0 bridgehead atoms. The van der Waals surface area contributed by atoms with Crippen LogP contribution in [0.25, 0.3) is 0 Å². The van der Waals surface area contributed by atoms with E-state index in [-0.39, 0.29) is 24.0 Å². The van der Waals surface area contributed by atoms with Gasteiger partial charge in [0, 0.05) is 38.1 Å². The van der Waals surface area contributed by atoms with Crippen molar-refractivity contribution in [3.05, 3.63) is 48.0 Å². The second-order valence-electron chi connectivity index (χ2n) is 7.53. The molecular weight excluding hydrogens is 465 g/mol. The van der Waals surface area contributed by atoms with Crippen molar-refractivity contribution < 1.29 is 4.74 Å². The van der Waals surface area contributed by atoms with E-state index >= 15 is 0 Å². The Bertz CT molecular complexity index is 755. The second kappa shape index (κ2) is 11.3. The van der Waals surface area contributed by atoms with Crippen LogP contribution in [0.3, 0.4) is 0 Å². The molecule has 1 aliphatic carbocycles. The van der Waals surface area contributed by atoms with Crippen LogP contribution in [-0.2, 0) is 19.6 Å². The van der Waals surface area contributed by atoms with Crippen molar-refractivity contribution in [1.29, 1.82) is 0 Å². The number of benzene rings is 1. The molecule has 154 valence electrons. The van der Waals surface area contributed by atoms with Crippen LogP contribution in [0, 0.1) is 11.8 Å². The van der Waals surface area contributed by atoms with Crippen LogP contribution in [-0.4, -0.2) is 29.2 Å². The summed E-state index contributed by atoms with van der Waals surface area (Å²) in [6.07, 6.45) is 6.47. The van der Waals surface area contributed by atoms with Crippen molar-refractivity contribution in [3.8, 4) is 5.75 Å². The van der Waals surface area contributed by atoms with Gasteiger partial charge in [0.05, 0.1) is 13.2 Å². The van der Waals surface area contributed by atoms with Gasteiger partial charge in [-0.1, -0.05) is 32.0 Å². The molecule has 0 spiro atoms. The molecule has 2 N–H and O–H groups in total. The number of guanidine groups is 1. The Morgan fingerprint density at radius 1 is 1.25 bits per heavy atom. The van der Waals surface area contributed by atoms with Gasteiger partial charge in [-0.3, -0.25) is 4.99 Å². The lowest BCUT2D eigenvalue weighted by molar-refractivity contribution is 0.296. The molecule has 0 amide bonds. The van der Waals surface area contributed by atoms with E-state index in [2.05, 4.69) is 45.1 Å². The van der Waals surface area contributed by atoms with Crippen LogP contribution < -0.4 is 15.4 Å². The Balaban J connectivity index is 0.00000280. The number of aromatic nitrogens is 2. The maximum Gasteiger partial charge on any atom is 0.191 e. The number of rotatable bonds is 9. The average Bonchev–Trinajstić information content (AvgIpc) is 3.40. The summed E-state index contributed by atoms with van der Waals surface area (Å²) >= 11 is 0. The Labute approximate surface area is 185 Å². The lowest BCUT2D eigenvalue weighted by Crippen LogP contribution is -2.37. The van der Waals surface area contributed by atoms with Crippen molar-refractivity contribution in [3.63, 3.8) is 0 Å². The maximum atomic E-state index is 5.98. The number of nitrogens with zero attached hydrogens (tertiary/aromatic N) is 3. The molecule has 1 aliphatic rings. The molecule has 0 aliphatic heterocycles.